The summed E-state index contributed by atoms with van der Waals surface area (Å²) in [7, 11) is 0. The van der Waals surface area contributed by atoms with Gasteiger partial charge in [0.05, 0.1) is 5.56 Å². The van der Waals surface area contributed by atoms with Crippen molar-refractivity contribution < 1.29 is 9.18 Å². The molecule has 0 aromatic carbocycles. The molecule has 0 aliphatic rings. The predicted octanol–water partition coefficient (Wildman–Crippen LogP) is 1.26. The zero-order valence-electron chi connectivity index (χ0n) is 8.09. The zero-order valence-corrected chi connectivity index (χ0v) is 8.09. The molecule has 0 bridgehead atoms. The third-order valence-corrected chi connectivity index (χ3v) is 1.79. The lowest BCUT2D eigenvalue weighted by Crippen LogP contribution is -2.16. The van der Waals surface area contributed by atoms with Gasteiger partial charge in [-0.05, 0) is 18.2 Å². The lowest BCUT2D eigenvalue weighted by atomic mass is 10.2. The van der Waals surface area contributed by atoms with Crippen LogP contribution in [0.3, 0.4) is 0 Å². The summed E-state index contributed by atoms with van der Waals surface area (Å²) in [5.74, 6) is -1.33. The summed E-state index contributed by atoms with van der Waals surface area (Å²) < 4.78 is 13.1. The van der Waals surface area contributed by atoms with Gasteiger partial charge >= 0.3 is 0 Å². The number of anilines is 1. The summed E-state index contributed by atoms with van der Waals surface area (Å²) in [5.41, 5.74) is -0.144. The molecule has 0 atom stereocenters. The molecule has 5 nitrogen and oxygen atoms in total. The van der Waals surface area contributed by atoms with Crippen molar-refractivity contribution >= 4 is 11.9 Å². The number of halogens is 1. The van der Waals surface area contributed by atoms with Crippen molar-refractivity contribution in [2.45, 2.75) is 0 Å². The summed E-state index contributed by atoms with van der Waals surface area (Å²) in [6.45, 7) is 0. The van der Waals surface area contributed by atoms with Crippen LogP contribution < -0.4 is 5.32 Å². The first-order valence-electron chi connectivity index (χ1n) is 4.46. The Hall–Kier alpha value is -2.37. The first-order valence-corrected chi connectivity index (χ1v) is 4.46. The third kappa shape index (κ3) is 2.17. The van der Waals surface area contributed by atoms with Crippen molar-refractivity contribution in [2.75, 3.05) is 5.32 Å². The number of carbonyl (C=O) groups excluding carboxylic acids is 1. The number of carbonyl (C=O) groups is 1. The highest BCUT2D eigenvalue weighted by Gasteiger charge is 2.12. The van der Waals surface area contributed by atoms with Gasteiger partial charge in [-0.15, -0.1) is 0 Å². The average Bonchev–Trinajstić information content (AvgIpc) is 2.31. The van der Waals surface area contributed by atoms with Crippen LogP contribution >= 0.6 is 0 Å². The van der Waals surface area contributed by atoms with Gasteiger partial charge in [0.2, 0.25) is 11.9 Å². The minimum Gasteiger partial charge on any atom is -0.290 e. The Morgan fingerprint density at radius 1 is 1.12 bits per heavy atom. The molecule has 16 heavy (non-hydrogen) atoms. The summed E-state index contributed by atoms with van der Waals surface area (Å²) in [6, 6.07) is 4.42. The van der Waals surface area contributed by atoms with E-state index >= 15 is 0 Å². The van der Waals surface area contributed by atoms with Crippen LogP contribution in [0, 0.1) is 5.95 Å². The second-order valence-electron chi connectivity index (χ2n) is 2.87. The van der Waals surface area contributed by atoms with Crippen LogP contribution in [0.1, 0.15) is 10.4 Å². The molecule has 0 radical (unpaired) electrons. The van der Waals surface area contributed by atoms with E-state index in [-0.39, 0.29) is 11.5 Å². The summed E-state index contributed by atoms with van der Waals surface area (Å²) in [4.78, 5) is 22.5. The molecule has 1 amide bonds. The van der Waals surface area contributed by atoms with Gasteiger partial charge in [-0.1, -0.05) is 0 Å². The van der Waals surface area contributed by atoms with Gasteiger partial charge in [-0.2, -0.15) is 4.39 Å². The van der Waals surface area contributed by atoms with Crippen molar-refractivity contribution in [1.29, 1.82) is 0 Å². The van der Waals surface area contributed by atoms with Crippen molar-refractivity contribution in [3.8, 4) is 0 Å². The van der Waals surface area contributed by atoms with Crippen LogP contribution in [-0.4, -0.2) is 20.9 Å². The SMILES string of the molecule is O=C(Nc1ncccn1)c1cccnc1F. The fourth-order valence-corrected chi connectivity index (χ4v) is 1.09. The minimum absolute atomic E-state index is 0.121. The van der Waals surface area contributed by atoms with E-state index in [0.29, 0.717) is 0 Å². The average molecular weight is 218 g/mol. The molecular weight excluding hydrogens is 211 g/mol. The fourth-order valence-electron chi connectivity index (χ4n) is 1.09. The standard InChI is InChI=1S/C10H7FN4O/c11-8-7(3-1-4-12-8)9(16)15-10-13-5-2-6-14-10/h1-6H,(H,13,14,15,16). The van der Waals surface area contributed by atoms with Gasteiger partial charge in [-0.3, -0.25) is 10.1 Å². The number of nitrogens with zero attached hydrogens (tertiary/aromatic N) is 3. The van der Waals surface area contributed by atoms with Crippen molar-refractivity contribution in [2.24, 2.45) is 0 Å². The maximum absolute atomic E-state index is 13.1. The van der Waals surface area contributed by atoms with E-state index in [2.05, 4.69) is 20.3 Å². The zero-order chi connectivity index (χ0) is 11.4. The molecular formula is C10H7FN4O. The maximum atomic E-state index is 13.1. The van der Waals surface area contributed by atoms with E-state index < -0.39 is 11.9 Å². The highest BCUT2D eigenvalue weighted by Crippen LogP contribution is 2.05. The van der Waals surface area contributed by atoms with E-state index in [0.717, 1.165) is 0 Å². The van der Waals surface area contributed by atoms with Gasteiger partial charge in [0, 0.05) is 18.6 Å². The molecule has 0 spiro atoms. The predicted molar refractivity (Wildman–Crippen MR) is 54.2 cm³/mol. The van der Waals surface area contributed by atoms with E-state index in [1.165, 1.54) is 30.7 Å². The molecule has 2 heterocycles. The summed E-state index contributed by atoms with van der Waals surface area (Å²) >= 11 is 0. The minimum atomic E-state index is -0.823. The monoisotopic (exact) mass is 218 g/mol. The van der Waals surface area contributed by atoms with Gasteiger partial charge in [0.15, 0.2) is 0 Å². The summed E-state index contributed by atoms with van der Waals surface area (Å²) in [6.07, 6.45) is 4.22. The van der Waals surface area contributed by atoms with Gasteiger partial charge < -0.3 is 0 Å². The van der Waals surface area contributed by atoms with Gasteiger partial charge in [0.25, 0.3) is 5.91 Å². The van der Waals surface area contributed by atoms with Crippen LogP contribution in [0.2, 0.25) is 0 Å². The maximum Gasteiger partial charge on any atom is 0.262 e. The lowest BCUT2D eigenvalue weighted by Gasteiger charge is -2.02. The molecule has 0 saturated carbocycles. The first-order chi connectivity index (χ1) is 7.77. The largest absolute Gasteiger partial charge is 0.290 e. The Labute approximate surface area is 90.4 Å². The van der Waals surface area contributed by atoms with Crippen LogP contribution in [0.5, 0.6) is 0 Å². The number of nitrogens with one attached hydrogen (secondary N) is 1. The second kappa shape index (κ2) is 4.43. The molecule has 0 aliphatic heterocycles. The molecule has 1 N–H and O–H groups in total. The molecule has 2 aromatic heterocycles. The highest BCUT2D eigenvalue weighted by molar-refractivity contribution is 6.03. The quantitative estimate of drug-likeness (QED) is 0.770. The number of aromatic nitrogens is 3. The van der Waals surface area contributed by atoms with Crippen LogP contribution in [0.25, 0.3) is 0 Å². The van der Waals surface area contributed by atoms with Crippen LogP contribution in [-0.2, 0) is 0 Å². The van der Waals surface area contributed by atoms with E-state index in [9.17, 15) is 9.18 Å². The number of hydrogen-bond acceptors (Lipinski definition) is 4. The Morgan fingerprint density at radius 2 is 1.81 bits per heavy atom. The lowest BCUT2D eigenvalue weighted by molar-refractivity contribution is 0.102. The number of hydrogen-bond donors (Lipinski definition) is 1. The molecule has 6 heteroatoms. The fraction of sp³-hybridized carbons (Fsp3) is 0. The van der Waals surface area contributed by atoms with Gasteiger partial charge in [0.1, 0.15) is 0 Å². The second-order valence-corrected chi connectivity index (χ2v) is 2.87. The topological polar surface area (TPSA) is 67.8 Å². The van der Waals surface area contributed by atoms with Crippen molar-refractivity contribution in [3.05, 3.63) is 48.3 Å². The Kier molecular flexibility index (Phi) is 2.81. The molecule has 0 aliphatic carbocycles. The number of rotatable bonds is 2. The number of amides is 1. The smallest absolute Gasteiger partial charge is 0.262 e. The van der Waals surface area contributed by atoms with Crippen molar-refractivity contribution in [1.82, 2.24) is 15.0 Å². The summed E-state index contributed by atoms with van der Waals surface area (Å²) in [5, 5.41) is 2.36. The molecule has 2 aromatic rings. The molecule has 80 valence electrons. The van der Waals surface area contributed by atoms with Crippen molar-refractivity contribution in [3.63, 3.8) is 0 Å². The van der Waals surface area contributed by atoms with E-state index in [1.807, 2.05) is 0 Å². The molecule has 0 unspecified atom stereocenters. The van der Waals surface area contributed by atoms with Crippen LogP contribution in [0.15, 0.2) is 36.8 Å². The van der Waals surface area contributed by atoms with E-state index in [1.54, 1.807) is 6.07 Å². The Balaban J connectivity index is 2.19. The molecule has 0 fully saturated rings. The highest BCUT2D eigenvalue weighted by atomic mass is 19.1. The molecule has 2 rings (SSSR count). The first kappa shape index (κ1) is 10.2. The molecule has 0 saturated heterocycles. The Morgan fingerprint density at radius 3 is 2.50 bits per heavy atom. The van der Waals surface area contributed by atoms with E-state index in [4.69, 9.17) is 0 Å². The third-order valence-electron chi connectivity index (χ3n) is 1.79. The number of pyridine rings is 1. The van der Waals surface area contributed by atoms with Crippen LogP contribution in [0.4, 0.5) is 10.3 Å². The Bertz CT molecular complexity index is 503. The van der Waals surface area contributed by atoms with Gasteiger partial charge in [-0.25, -0.2) is 15.0 Å². The normalized spacial score (nSPS) is 9.81.